The maximum absolute atomic E-state index is 13.2. The Labute approximate surface area is 175 Å². The number of amides is 1. The van der Waals surface area contributed by atoms with Crippen molar-refractivity contribution in [3.05, 3.63) is 59.0 Å². The van der Waals surface area contributed by atoms with Gasteiger partial charge in [-0.05, 0) is 36.5 Å². The highest BCUT2D eigenvalue weighted by Crippen LogP contribution is 2.30. The van der Waals surface area contributed by atoms with E-state index in [2.05, 4.69) is 5.32 Å². The molecular weight excluding hydrogens is 382 g/mol. The average molecular weight is 407 g/mol. The smallest absolute Gasteiger partial charge is 0.260 e. The topological polar surface area (TPSA) is 74.1 Å². The molecular formula is C23H25N3O4. The molecule has 1 saturated heterocycles. The average Bonchev–Trinajstić information content (AvgIpc) is 3.22. The van der Waals surface area contributed by atoms with Crippen LogP contribution in [0.25, 0.3) is 5.65 Å². The molecule has 1 amide bonds. The molecule has 3 aromatic rings. The van der Waals surface area contributed by atoms with E-state index in [-0.39, 0.29) is 5.91 Å². The highest BCUT2D eigenvalue weighted by Gasteiger charge is 2.22. The molecule has 0 spiro atoms. The fourth-order valence-corrected chi connectivity index (χ4v) is 4.29. The SMILES string of the molecule is COc1cc2nc(C3CCOCC3)cn2cc1C(=O)Nc1cccc2c1CCOC2. The lowest BCUT2D eigenvalue weighted by molar-refractivity contribution is 0.0846. The largest absolute Gasteiger partial charge is 0.496 e. The summed E-state index contributed by atoms with van der Waals surface area (Å²) < 4.78 is 18.4. The molecule has 4 heterocycles. The number of rotatable bonds is 4. The summed E-state index contributed by atoms with van der Waals surface area (Å²) in [6.07, 6.45) is 6.55. The van der Waals surface area contributed by atoms with Crippen LogP contribution in [0.15, 0.2) is 36.7 Å². The Bertz CT molecular complexity index is 1090. The van der Waals surface area contributed by atoms with Crippen molar-refractivity contribution in [3.63, 3.8) is 0 Å². The molecule has 2 aliphatic heterocycles. The minimum atomic E-state index is -0.199. The summed E-state index contributed by atoms with van der Waals surface area (Å²) in [6, 6.07) is 7.75. The van der Waals surface area contributed by atoms with Crippen molar-refractivity contribution in [1.29, 1.82) is 0 Å². The number of hydrogen-bond donors (Lipinski definition) is 1. The fraction of sp³-hybridized carbons (Fsp3) is 0.391. The number of nitrogens with one attached hydrogen (secondary N) is 1. The van der Waals surface area contributed by atoms with Crippen LogP contribution < -0.4 is 10.1 Å². The number of imidazole rings is 1. The first kappa shape index (κ1) is 19.1. The summed E-state index contributed by atoms with van der Waals surface area (Å²) >= 11 is 0. The van der Waals surface area contributed by atoms with Crippen molar-refractivity contribution < 1.29 is 19.0 Å². The zero-order valence-electron chi connectivity index (χ0n) is 17.0. The third-order valence-electron chi connectivity index (χ3n) is 5.95. The van der Waals surface area contributed by atoms with Crippen LogP contribution in [0.5, 0.6) is 5.75 Å². The van der Waals surface area contributed by atoms with Gasteiger partial charge in [-0.25, -0.2) is 4.98 Å². The molecule has 1 N–H and O–H groups in total. The van der Waals surface area contributed by atoms with Crippen molar-refractivity contribution in [2.24, 2.45) is 0 Å². The molecule has 0 unspecified atom stereocenters. The lowest BCUT2D eigenvalue weighted by Gasteiger charge is -2.20. The van der Waals surface area contributed by atoms with Crippen molar-refractivity contribution >= 4 is 17.2 Å². The molecule has 2 aliphatic rings. The van der Waals surface area contributed by atoms with Gasteiger partial charge in [0.1, 0.15) is 11.4 Å². The van der Waals surface area contributed by atoms with E-state index in [1.807, 2.05) is 34.9 Å². The van der Waals surface area contributed by atoms with Crippen molar-refractivity contribution in [3.8, 4) is 5.75 Å². The van der Waals surface area contributed by atoms with Gasteiger partial charge < -0.3 is 23.9 Å². The van der Waals surface area contributed by atoms with Gasteiger partial charge in [-0.3, -0.25) is 4.79 Å². The lowest BCUT2D eigenvalue weighted by Crippen LogP contribution is -2.18. The number of hydrogen-bond acceptors (Lipinski definition) is 5. The number of methoxy groups -OCH3 is 1. The van der Waals surface area contributed by atoms with Gasteiger partial charge in [0.2, 0.25) is 0 Å². The summed E-state index contributed by atoms with van der Waals surface area (Å²) in [5.74, 6) is 0.701. The Morgan fingerprint density at radius 2 is 2.07 bits per heavy atom. The van der Waals surface area contributed by atoms with E-state index in [1.54, 1.807) is 13.3 Å². The van der Waals surface area contributed by atoms with E-state index in [1.165, 1.54) is 0 Å². The molecule has 30 heavy (non-hydrogen) atoms. The molecule has 1 fully saturated rings. The van der Waals surface area contributed by atoms with E-state index in [9.17, 15) is 4.79 Å². The van der Waals surface area contributed by atoms with E-state index in [4.69, 9.17) is 19.2 Å². The number of benzene rings is 1. The lowest BCUT2D eigenvalue weighted by atomic mass is 9.97. The molecule has 0 atom stereocenters. The van der Waals surface area contributed by atoms with E-state index >= 15 is 0 Å². The van der Waals surface area contributed by atoms with Gasteiger partial charge in [0.15, 0.2) is 0 Å². The molecule has 7 heteroatoms. The summed E-state index contributed by atoms with van der Waals surface area (Å²) in [7, 11) is 1.58. The van der Waals surface area contributed by atoms with Gasteiger partial charge in [0.25, 0.3) is 5.91 Å². The van der Waals surface area contributed by atoms with Gasteiger partial charge in [0, 0.05) is 43.3 Å². The minimum Gasteiger partial charge on any atom is -0.496 e. The number of ether oxygens (including phenoxy) is 3. The first-order valence-electron chi connectivity index (χ1n) is 10.4. The molecule has 0 aliphatic carbocycles. The maximum Gasteiger partial charge on any atom is 0.260 e. The predicted molar refractivity (Wildman–Crippen MR) is 112 cm³/mol. The molecule has 156 valence electrons. The molecule has 7 nitrogen and oxygen atoms in total. The van der Waals surface area contributed by atoms with Gasteiger partial charge >= 0.3 is 0 Å². The quantitative estimate of drug-likeness (QED) is 0.716. The monoisotopic (exact) mass is 407 g/mol. The molecule has 2 aromatic heterocycles. The summed E-state index contributed by atoms with van der Waals surface area (Å²) in [6.45, 7) is 2.78. The number of carbonyl (C=O) groups is 1. The summed E-state index contributed by atoms with van der Waals surface area (Å²) in [5.41, 5.74) is 5.38. The normalized spacial score (nSPS) is 17.0. The Morgan fingerprint density at radius 3 is 2.90 bits per heavy atom. The first-order chi connectivity index (χ1) is 14.7. The number of nitrogens with zero attached hydrogens (tertiary/aromatic N) is 2. The summed E-state index contributed by atoms with van der Waals surface area (Å²) in [4.78, 5) is 17.9. The van der Waals surface area contributed by atoms with Gasteiger partial charge in [-0.2, -0.15) is 0 Å². The molecule has 5 rings (SSSR count). The molecule has 0 bridgehead atoms. The standard InChI is InChI=1S/C23H25N3O4/c1-28-21-11-22-24-20(15-5-8-29-9-6-15)13-26(22)12-18(21)23(27)25-19-4-2-3-16-14-30-10-7-17(16)19/h2-4,11-13,15H,5-10,14H2,1H3,(H,25,27). The second-order valence-electron chi connectivity index (χ2n) is 7.77. The Morgan fingerprint density at radius 1 is 1.20 bits per heavy atom. The number of pyridine rings is 1. The third kappa shape index (κ3) is 3.55. The Hall–Kier alpha value is -2.90. The fourth-order valence-electron chi connectivity index (χ4n) is 4.29. The summed E-state index contributed by atoms with van der Waals surface area (Å²) in [5, 5.41) is 3.07. The molecule has 0 saturated carbocycles. The number of fused-ring (bicyclic) bond motifs is 2. The minimum absolute atomic E-state index is 0.199. The zero-order valence-corrected chi connectivity index (χ0v) is 17.0. The van der Waals surface area contributed by atoms with Crippen molar-refractivity contribution in [2.75, 3.05) is 32.2 Å². The van der Waals surface area contributed by atoms with Gasteiger partial charge in [-0.15, -0.1) is 0 Å². The van der Waals surface area contributed by atoms with Crippen LogP contribution in [-0.2, 0) is 22.5 Å². The van der Waals surface area contributed by atoms with Crippen LogP contribution in [0.4, 0.5) is 5.69 Å². The number of aromatic nitrogens is 2. The Balaban J connectivity index is 1.46. The second kappa shape index (κ2) is 8.08. The van der Waals surface area contributed by atoms with Gasteiger partial charge in [-0.1, -0.05) is 12.1 Å². The number of anilines is 1. The second-order valence-corrected chi connectivity index (χ2v) is 7.77. The molecule has 1 aromatic carbocycles. The van der Waals surface area contributed by atoms with E-state index < -0.39 is 0 Å². The highest BCUT2D eigenvalue weighted by molar-refractivity contribution is 6.06. The van der Waals surface area contributed by atoms with Crippen LogP contribution >= 0.6 is 0 Å². The number of carbonyl (C=O) groups excluding carboxylic acids is 1. The maximum atomic E-state index is 13.2. The van der Waals surface area contributed by atoms with Crippen molar-refractivity contribution in [2.45, 2.75) is 31.8 Å². The van der Waals surface area contributed by atoms with E-state index in [0.717, 1.165) is 60.6 Å². The van der Waals surface area contributed by atoms with Crippen LogP contribution in [0.2, 0.25) is 0 Å². The van der Waals surface area contributed by atoms with Crippen LogP contribution in [0.3, 0.4) is 0 Å². The van der Waals surface area contributed by atoms with E-state index in [0.29, 0.717) is 30.4 Å². The molecule has 0 radical (unpaired) electrons. The highest BCUT2D eigenvalue weighted by atomic mass is 16.5. The Kier molecular flexibility index (Phi) is 5.14. The van der Waals surface area contributed by atoms with Crippen LogP contribution in [-0.4, -0.2) is 42.2 Å². The van der Waals surface area contributed by atoms with Crippen LogP contribution in [0, 0.1) is 0 Å². The van der Waals surface area contributed by atoms with Gasteiger partial charge in [0.05, 0.1) is 31.6 Å². The third-order valence-corrected chi connectivity index (χ3v) is 5.95. The first-order valence-corrected chi connectivity index (χ1v) is 10.4. The predicted octanol–water partition coefficient (Wildman–Crippen LogP) is 3.56. The van der Waals surface area contributed by atoms with Crippen molar-refractivity contribution in [1.82, 2.24) is 9.38 Å². The van der Waals surface area contributed by atoms with Crippen LogP contribution in [0.1, 0.15) is 45.9 Å². The zero-order chi connectivity index (χ0) is 20.5.